The maximum absolute atomic E-state index is 11.9. The third-order valence-electron chi connectivity index (χ3n) is 1.40. The molecule has 0 amide bonds. The lowest BCUT2D eigenvalue weighted by molar-refractivity contribution is -0.137. The van der Waals surface area contributed by atoms with Gasteiger partial charge in [-0.15, -0.1) is 4.72 Å². The Labute approximate surface area is 85.6 Å². The minimum atomic E-state index is -4.21. The van der Waals surface area contributed by atoms with Gasteiger partial charge in [0.25, 0.3) is 0 Å². The average molecular weight is 231 g/mol. The van der Waals surface area contributed by atoms with Crippen molar-refractivity contribution in [2.24, 2.45) is 0 Å². The Morgan fingerprint density at radius 1 is 1.29 bits per heavy atom. The van der Waals surface area contributed by atoms with Gasteiger partial charge in [0.1, 0.15) is 4.75 Å². The van der Waals surface area contributed by atoms with Crippen molar-refractivity contribution in [2.75, 3.05) is 0 Å². The van der Waals surface area contributed by atoms with Crippen LogP contribution in [0.4, 0.5) is 13.2 Å². The fourth-order valence-corrected chi connectivity index (χ4v) is 1.55. The quantitative estimate of drug-likeness (QED) is 0.757. The molecule has 0 aliphatic rings. The van der Waals surface area contributed by atoms with Crippen molar-refractivity contribution in [3.8, 4) is 0 Å². The van der Waals surface area contributed by atoms with Gasteiger partial charge in [-0.2, -0.15) is 13.2 Å². The predicted octanol–water partition coefficient (Wildman–Crippen LogP) is 2.38. The van der Waals surface area contributed by atoms with Crippen LogP contribution in [0.3, 0.4) is 0 Å². The molecule has 0 heterocycles. The zero-order chi connectivity index (χ0) is 11.6. The summed E-state index contributed by atoms with van der Waals surface area (Å²) in [6.07, 6.45) is -5.18. The van der Waals surface area contributed by atoms with Crippen LogP contribution < -0.4 is 4.72 Å². The maximum atomic E-state index is 11.9. The highest BCUT2D eigenvalue weighted by Gasteiger charge is 2.34. The van der Waals surface area contributed by atoms with Gasteiger partial charge in [0.2, 0.25) is 0 Å². The highest BCUT2D eigenvalue weighted by atomic mass is 32.2. The number of hydrogen-bond donors (Lipinski definition) is 1. The number of hydrogen-bond acceptors (Lipinski definition) is 2. The fraction of sp³-hybridized carbons (Fsp3) is 1.00. The highest BCUT2D eigenvalue weighted by molar-refractivity contribution is 7.90. The van der Waals surface area contributed by atoms with E-state index in [1.165, 1.54) is 6.92 Å². The van der Waals surface area contributed by atoms with Crippen molar-refractivity contribution in [2.45, 2.75) is 51.1 Å². The van der Waals surface area contributed by atoms with Crippen LogP contribution in [0.1, 0.15) is 34.1 Å². The van der Waals surface area contributed by atoms with Gasteiger partial charge < -0.3 is 4.55 Å². The number of alkyl halides is 3. The molecule has 0 aromatic rings. The third kappa shape index (κ3) is 6.50. The zero-order valence-corrected chi connectivity index (χ0v) is 9.55. The molecule has 0 aliphatic heterocycles. The molecule has 0 bridgehead atoms. The largest absolute Gasteiger partial charge is 0.598 e. The SMILES string of the molecule is CC(CC(F)(F)F)N[S@@+]([O-])C(C)(C)C. The summed E-state index contributed by atoms with van der Waals surface area (Å²) >= 11 is -1.45. The van der Waals surface area contributed by atoms with Crippen LogP contribution in [0.5, 0.6) is 0 Å². The molecule has 1 unspecified atom stereocenters. The summed E-state index contributed by atoms with van der Waals surface area (Å²) in [5.74, 6) is 0. The second-order valence-electron chi connectivity index (χ2n) is 4.22. The van der Waals surface area contributed by atoms with Crippen molar-refractivity contribution < 1.29 is 17.7 Å². The second kappa shape index (κ2) is 4.72. The van der Waals surface area contributed by atoms with E-state index in [9.17, 15) is 17.7 Å². The van der Waals surface area contributed by atoms with E-state index in [0.717, 1.165) is 0 Å². The van der Waals surface area contributed by atoms with Gasteiger partial charge in [-0.3, -0.25) is 0 Å². The fourth-order valence-electron chi connectivity index (χ4n) is 0.748. The van der Waals surface area contributed by atoms with Crippen LogP contribution in [0.15, 0.2) is 0 Å². The number of halogens is 3. The summed E-state index contributed by atoms with van der Waals surface area (Å²) in [5.41, 5.74) is 0. The molecule has 0 aromatic heterocycles. The van der Waals surface area contributed by atoms with E-state index in [-0.39, 0.29) is 0 Å². The molecule has 6 heteroatoms. The molecule has 2 atom stereocenters. The molecule has 1 N–H and O–H groups in total. The molecule has 14 heavy (non-hydrogen) atoms. The van der Waals surface area contributed by atoms with E-state index in [1.54, 1.807) is 20.8 Å². The van der Waals surface area contributed by atoms with Crippen LogP contribution in [0.25, 0.3) is 0 Å². The number of rotatable bonds is 3. The topological polar surface area (TPSA) is 35.1 Å². The zero-order valence-electron chi connectivity index (χ0n) is 8.73. The lowest BCUT2D eigenvalue weighted by Crippen LogP contribution is -2.44. The molecule has 0 rings (SSSR count). The van der Waals surface area contributed by atoms with Crippen molar-refractivity contribution in [3.05, 3.63) is 0 Å². The van der Waals surface area contributed by atoms with Gasteiger partial charge in [-0.05, 0) is 27.7 Å². The van der Waals surface area contributed by atoms with Crippen molar-refractivity contribution in [1.29, 1.82) is 0 Å². The average Bonchev–Trinajstić information content (AvgIpc) is 1.79. The molecule has 2 nitrogen and oxygen atoms in total. The summed E-state index contributed by atoms with van der Waals surface area (Å²) in [6.45, 7) is 6.49. The predicted molar refractivity (Wildman–Crippen MR) is 51.2 cm³/mol. The van der Waals surface area contributed by atoms with Crippen LogP contribution in [-0.4, -0.2) is 21.5 Å². The first-order valence-corrected chi connectivity index (χ1v) is 5.42. The summed E-state index contributed by atoms with van der Waals surface area (Å²) in [4.78, 5) is 0. The van der Waals surface area contributed by atoms with E-state index >= 15 is 0 Å². The minimum Gasteiger partial charge on any atom is -0.598 e. The van der Waals surface area contributed by atoms with Crippen LogP contribution >= 0.6 is 0 Å². The van der Waals surface area contributed by atoms with E-state index in [4.69, 9.17) is 0 Å². The maximum Gasteiger partial charge on any atom is 0.390 e. The second-order valence-corrected chi connectivity index (χ2v) is 6.22. The first-order valence-electron chi connectivity index (χ1n) is 4.27. The highest BCUT2D eigenvalue weighted by Crippen LogP contribution is 2.22. The standard InChI is InChI=1S/C8H16F3NOS/c1-6(5-8(9,10)11)12-14(13)7(2,3)4/h6,12H,5H2,1-4H3/t6?,14-/m0/s1. The Morgan fingerprint density at radius 2 is 1.71 bits per heavy atom. The summed E-state index contributed by atoms with van der Waals surface area (Å²) < 4.78 is 49.0. The molecule has 0 fully saturated rings. The van der Waals surface area contributed by atoms with Gasteiger partial charge in [-0.25, -0.2) is 0 Å². The summed E-state index contributed by atoms with van der Waals surface area (Å²) in [7, 11) is 0. The van der Waals surface area contributed by atoms with Crippen molar-refractivity contribution >= 4 is 11.4 Å². The summed E-state index contributed by atoms with van der Waals surface area (Å²) in [5, 5.41) is 0. The molecular formula is C8H16F3NOS. The van der Waals surface area contributed by atoms with Crippen molar-refractivity contribution in [1.82, 2.24) is 4.72 Å². The van der Waals surface area contributed by atoms with Gasteiger partial charge in [0.15, 0.2) is 0 Å². The molecular weight excluding hydrogens is 215 g/mol. The minimum absolute atomic E-state index is 0.542. The van der Waals surface area contributed by atoms with Gasteiger partial charge in [0, 0.05) is 11.4 Å². The van der Waals surface area contributed by atoms with Gasteiger partial charge >= 0.3 is 6.18 Å². The Bertz CT molecular complexity index is 178. The Balaban J connectivity index is 4.01. The Kier molecular flexibility index (Phi) is 4.74. The first-order chi connectivity index (χ1) is 6.02. The van der Waals surface area contributed by atoms with E-state index in [0.29, 0.717) is 0 Å². The number of nitrogens with one attached hydrogen (secondary N) is 1. The molecule has 0 aromatic carbocycles. The van der Waals surface area contributed by atoms with Gasteiger partial charge in [0.05, 0.1) is 12.5 Å². The molecule has 0 aliphatic carbocycles. The van der Waals surface area contributed by atoms with Gasteiger partial charge in [-0.1, -0.05) is 0 Å². The Morgan fingerprint density at radius 3 is 2.00 bits per heavy atom. The van der Waals surface area contributed by atoms with E-state index in [1.807, 2.05) is 0 Å². The lowest BCUT2D eigenvalue weighted by atomic mass is 10.2. The molecule has 0 radical (unpaired) electrons. The van der Waals surface area contributed by atoms with Crippen LogP contribution in [0.2, 0.25) is 0 Å². The smallest absolute Gasteiger partial charge is 0.390 e. The molecule has 0 saturated heterocycles. The monoisotopic (exact) mass is 231 g/mol. The molecule has 0 spiro atoms. The third-order valence-corrected chi connectivity index (χ3v) is 3.13. The first kappa shape index (κ1) is 14.1. The lowest BCUT2D eigenvalue weighted by Gasteiger charge is -2.26. The van der Waals surface area contributed by atoms with E-state index < -0.39 is 34.7 Å². The molecule has 86 valence electrons. The Hall–Kier alpha value is 0.0600. The summed E-state index contributed by atoms with van der Waals surface area (Å²) in [6, 6.07) is -0.824. The van der Waals surface area contributed by atoms with Crippen molar-refractivity contribution in [3.63, 3.8) is 0 Å². The van der Waals surface area contributed by atoms with E-state index in [2.05, 4.69) is 4.72 Å². The van der Waals surface area contributed by atoms with Crippen LogP contribution in [-0.2, 0) is 11.4 Å². The van der Waals surface area contributed by atoms with Crippen LogP contribution in [0, 0.1) is 0 Å². The normalized spacial score (nSPS) is 18.0. The molecule has 0 saturated carbocycles.